The van der Waals surface area contributed by atoms with Crippen LogP contribution < -0.4 is 0 Å². The number of aryl methyl sites for hydroxylation is 4. The van der Waals surface area contributed by atoms with Gasteiger partial charge in [0.15, 0.2) is 0 Å². The summed E-state index contributed by atoms with van der Waals surface area (Å²) in [7, 11) is 0. The lowest BCUT2D eigenvalue weighted by Crippen LogP contribution is -2.35. The molecule has 0 atom stereocenters. The maximum Gasteiger partial charge on any atom is 0.338 e. The van der Waals surface area contributed by atoms with Crippen molar-refractivity contribution in [3.8, 4) is 33.8 Å². The largest absolute Gasteiger partial charge is 0.507 e. The zero-order valence-corrected chi connectivity index (χ0v) is 27.1. The van der Waals surface area contributed by atoms with Crippen molar-refractivity contribution in [2.45, 2.75) is 40.5 Å². The second kappa shape index (κ2) is 12.8. The van der Waals surface area contributed by atoms with E-state index in [0.717, 1.165) is 33.4 Å². The predicted molar refractivity (Wildman–Crippen MR) is 183 cm³/mol. The highest BCUT2D eigenvalue weighted by atomic mass is 16.5. The van der Waals surface area contributed by atoms with Gasteiger partial charge in [0.2, 0.25) is 0 Å². The third kappa shape index (κ3) is 6.50. The van der Waals surface area contributed by atoms with Crippen LogP contribution in [0, 0.1) is 33.1 Å². The van der Waals surface area contributed by atoms with Crippen molar-refractivity contribution in [3.63, 3.8) is 0 Å². The summed E-state index contributed by atoms with van der Waals surface area (Å²) in [5.74, 6) is -1.03. The van der Waals surface area contributed by atoms with Crippen molar-refractivity contribution in [3.05, 3.63) is 142 Å². The molecule has 0 radical (unpaired) electrons. The normalized spacial score (nSPS) is 13.2. The number of phenols is 2. The first-order chi connectivity index (χ1) is 22.5. The van der Waals surface area contributed by atoms with E-state index in [0.29, 0.717) is 39.8 Å². The van der Waals surface area contributed by atoms with Gasteiger partial charge in [0.25, 0.3) is 0 Å². The van der Waals surface area contributed by atoms with Gasteiger partial charge in [0.05, 0.1) is 16.7 Å². The van der Waals surface area contributed by atoms with Gasteiger partial charge in [-0.3, -0.25) is 0 Å². The highest BCUT2D eigenvalue weighted by Gasteiger charge is 2.44. The second-order valence-corrected chi connectivity index (χ2v) is 12.9. The third-order valence-electron chi connectivity index (χ3n) is 8.82. The number of ether oxygens (including phenoxy) is 2. The zero-order chi connectivity index (χ0) is 33.3. The van der Waals surface area contributed by atoms with E-state index < -0.39 is 17.4 Å². The molecule has 5 aromatic carbocycles. The number of esters is 2. The van der Waals surface area contributed by atoms with Crippen LogP contribution in [0.25, 0.3) is 22.3 Å². The fraction of sp³-hybridized carbons (Fsp3) is 0.220. The second-order valence-electron chi connectivity index (χ2n) is 12.9. The molecule has 0 spiro atoms. The lowest BCUT2D eigenvalue weighted by atomic mass is 9.85. The fourth-order valence-electron chi connectivity index (χ4n) is 6.84. The minimum absolute atomic E-state index is 0.0189. The van der Waals surface area contributed by atoms with Gasteiger partial charge in [-0.15, -0.1) is 0 Å². The summed E-state index contributed by atoms with van der Waals surface area (Å²) in [5.41, 5.74) is 7.85. The van der Waals surface area contributed by atoms with Crippen LogP contribution in [0.3, 0.4) is 0 Å². The van der Waals surface area contributed by atoms with Crippen LogP contribution >= 0.6 is 0 Å². The van der Waals surface area contributed by atoms with E-state index >= 15 is 0 Å². The molecule has 0 unspecified atom stereocenters. The minimum Gasteiger partial charge on any atom is -0.507 e. The first-order valence-corrected chi connectivity index (χ1v) is 15.7. The molecule has 0 saturated carbocycles. The molecular weight excluding hydrogens is 588 g/mol. The summed E-state index contributed by atoms with van der Waals surface area (Å²) < 4.78 is 11.8. The highest BCUT2D eigenvalue weighted by molar-refractivity contribution is 5.92. The first-order valence-electron chi connectivity index (χ1n) is 15.7. The Bertz CT molecular complexity index is 1880. The maximum absolute atomic E-state index is 13.1. The Kier molecular flexibility index (Phi) is 8.61. The van der Waals surface area contributed by atoms with Crippen LogP contribution in [0.5, 0.6) is 11.5 Å². The zero-order valence-electron chi connectivity index (χ0n) is 27.1. The fourth-order valence-corrected chi connectivity index (χ4v) is 6.84. The molecule has 5 aromatic rings. The van der Waals surface area contributed by atoms with Crippen LogP contribution in [0.1, 0.15) is 54.1 Å². The molecular formula is C41H38O6. The number of phenolic OH excluding ortho intramolecular Hbond substituents is 2. The van der Waals surface area contributed by atoms with Crippen LogP contribution in [-0.2, 0) is 22.3 Å². The number of benzene rings is 5. The maximum atomic E-state index is 13.1. The molecule has 1 aliphatic rings. The van der Waals surface area contributed by atoms with Gasteiger partial charge in [0.1, 0.15) is 24.7 Å². The summed E-state index contributed by atoms with van der Waals surface area (Å²) in [6.45, 7) is 7.85. The lowest BCUT2D eigenvalue weighted by molar-refractivity contribution is -0.00227. The Labute approximate surface area is 275 Å². The number of hydrogen-bond acceptors (Lipinski definition) is 6. The van der Waals surface area contributed by atoms with Crippen molar-refractivity contribution < 1.29 is 29.3 Å². The molecule has 2 N–H and O–H groups in total. The summed E-state index contributed by atoms with van der Waals surface area (Å²) in [4.78, 5) is 26.3. The summed E-state index contributed by atoms with van der Waals surface area (Å²) in [6.07, 6.45) is 0.553. The Hall–Kier alpha value is -5.36. The molecule has 238 valence electrons. The standard InChI is InChI=1S/C41H38O6/c1-25-15-26(2)18-31(17-25)35-33-21-41(23-46-39(44)29-11-7-5-8-12-29,24-47-40(45)30-13-9-6-10-14-30)22-34(33)37(42)36(38(35)43)32-19-27(3)16-28(4)20-32/h5-20,42-43H,21-24H2,1-4H3. The van der Waals surface area contributed by atoms with Crippen LogP contribution in [0.15, 0.2) is 97.1 Å². The number of aromatic hydroxyl groups is 2. The summed E-state index contributed by atoms with van der Waals surface area (Å²) in [6, 6.07) is 29.5. The molecule has 6 rings (SSSR count). The topological polar surface area (TPSA) is 93.1 Å². The van der Waals surface area contributed by atoms with Gasteiger partial charge in [-0.25, -0.2) is 9.59 Å². The number of hydrogen-bond donors (Lipinski definition) is 2. The van der Waals surface area contributed by atoms with Crippen molar-refractivity contribution in [2.24, 2.45) is 5.41 Å². The van der Waals surface area contributed by atoms with E-state index in [9.17, 15) is 19.8 Å². The molecule has 0 amide bonds. The van der Waals surface area contributed by atoms with Crippen LogP contribution in [0.4, 0.5) is 0 Å². The SMILES string of the molecule is Cc1cc(C)cc(-c2c(O)c3c(c(-c4cc(C)cc(C)c4)c2O)CC(COC(=O)c2ccccc2)(COC(=O)c2ccccc2)C3)c1. The highest BCUT2D eigenvalue weighted by Crippen LogP contribution is 2.55. The van der Waals surface area contributed by atoms with E-state index in [2.05, 4.69) is 6.07 Å². The molecule has 0 heterocycles. The van der Waals surface area contributed by atoms with Gasteiger partial charge >= 0.3 is 11.9 Å². The van der Waals surface area contributed by atoms with Gasteiger partial charge in [-0.1, -0.05) is 95.1 Å². The lowest BCUT2D eigenvalue weighted by Gasteiger charge is -2.28. The predicted octanol–water partition coefficient (Wildman–Crippen LogP) is 8.46. The molecule has 1 aliphatic carbocycles. The van der Waals surface area contributed by atoms with E-state index in [1.54, 1.807) is 48.5 Å². The van der Waals surface area contributed by atoms with E-state index in [1.807, 2.05) is 70.2 Å². The van der Waals surface area contributed by atoms with Crippen molar-refractivity contribution >= 4 is 11.9 Å². The summed E-state index contributed by atoms with van der Waals surface area (Å²) >= 11 is 0. The molecule has 0 bridgehead atoms. The first kappa shape index (κ1) is 31.6. The average Bonchev–Trinajstić information content (AvgIpc) is 3.42. The molecule has 0 saturated heterocycles. The van der Waals surface area contributed by atoms with Crippen LogP contribution in [-0.4, -0.2) is 35.4 Å². The molecule has 6 nitrogen and oxygen atoms in total. The van der Waals surface area contributed by atoms with Crippen LogP contribution in [0.2, 0.25) is 0 Å². The van der Waals surface area contributed by atoms with Crippen molar-refractivity contribution in [1.29, 1.82) is 0 Å². The quantitative estimate of drug-likeness (QED) is 0.168. The number of carbonyl (C=O) groups is 2. The van der Waals surface area contributed by atoms with Gasteiger partial charge in [0, 0.05) is 11.0 Å². The summed E-state index contributed by atoms with van der Waals surface area (Å²) in [5, 5.41) is 24.1. The monoisotopic (exact) mass is 626 g/mol. The third-order valence-corrected chi connectivity index (χ3v) is 8.82. The van der Waals surface area contributed by atoms with Crippen molar-refractivity contribution in [1.82, 2.24) is 0 Å². The Balaban J connectivity index is 1.48. The molecule has 0 aromatic heterocycles. The molecule has 47 heavy (non-hydrogen) atoms. The van der Waals surface area contributed by atoms with Gasteiger partial charge < -0.3 is 19.7 Å². The van der Waals surface area contributed by atoms with E-state index in [-0.39, 0.29) is 31.1 Å². The molecule has 6 heteroatoms. The molecule has 0 fully saturated rings. The van der Waals surface area contributed by atoms with Gasteiger partial charge in [-0.05, 0) is 87.1 Å². The molecule has 0 aliphatic heterocycles. The Morgan fingerprint density at radius 2 is 0.979 bits per heavy atom. The Morgan fingerprint density at radius 3 is 1.43 bits per heavy atom. The smallest absolute Gasteiger partial charge is 0.338 e. The minimum atomic E-state index is -0.907. The Morgan fingerprint density at radius 1 is 0.574 bits per heavy atom. The number of fused-ring (bicyclic) bond motifs is 1. The van der Waals surface area contributed by atoms with E-state index in [1.165, 1.54) is 0 Å². The van der Waals surface area contributed by atoms with Crippen molar-refractivity contribution in [2.75, 3.05) is 13.2 Å². The number of carbonyl (C=O) groups excluding carboxylic acids is 2. The average molecular weight is 627 g/mol. The van der Waals surface area contributed by atoms with Gasteiger partial charge in [-0.2, -0.15) is 0 Å². The van der Waals surface area contributed by atoms with E-state index in [4.69, 9.17) is 9.47 Å². The number of rotatable bonds is 8.